The van der Waals surface area contributed by atoms with E-state index < -0.39 is 17.5 Å². The number of hydrogen-bond donors (Lipinski definition) is 1. The quantitative estimate of drug-likeness (QED) is 0.597. The smallest absolute Gasteiger partial charge is 0.341 e. The molecule has 0 aromatic heterocycles. The number of alkyl halides is 1. The molecule has 0 bridgehead atoms. The number of rotatable bonds is 2. The lowest BCUT2D eigenvalue weighted by Gasteiger charge is -2.22. The normalized spacial score (nSPS) is 31.9. The number of esters is 1. The van der Waals surface area contributed by atoms with E-state index >= 15 is 0 Å². The van der Waals surface area contributed by atoms with Crippen molar-refractivity contribution in [2.45, 2.75) is 44.1 Å². The second-order valence-electron chi connectivity index (χ2n) is 4.15. The largest absolute Gasteiger partial charge is 0.423 e. The molecule has 1 aliphatic heterocycles. The van der Waals surface area contributed by atoms with Gasteiger partial charge in [0.1, 0.15) is 5.76 Å². The molecule has 3 nitrogen and oxygen atoms in total. The third-order valence-corrected chi connectivity index (χ3v) is 3.48. The summed E-state index contributed by atoms with van der Waals surface area (Å²) in [5.41, 5.74) is 1.35. The van der Waals surface area contributed by atoms with Crippen LogP contribution < -0.4 is 0 Å². The Morgan fingerprint density at radius 2 is 2.38 bits per heavy atom. The molecule has 2 aliphatic rings. The van der Waals surface area contributed by atoms with Crippen LogP contribution in [0.15, 0.2) is 23.0 Å². The van der Waals surface area contributed by atoms with Crippen molar-refractivity contribution in [1.29, 1.82) is 0 Å². The highest BCUT2D eigenvalue weighted by Crippen LogP contribution is 2.39. The molecule has 2 rings (SSSR count). The summed E-state index contributed by atoms with van der Waals surface area (Å²) < 4.78 is 5.18. The first-order valence-electron chi connectivity index (χ1n) is 5.63. The average molecular weight is 243 g/mol. The van der Waals surface area contributed by atoms with Gasteiger partial charge in [-0.25, -0.2) is 4.79 Å². The Morgan fingerprint density at radius 1 is 1.62 bits per heavy atom. The lowest BCUT2D eigenvalue weighted by atomic mass is 9.89. The number of aliphatic hydroxyl groups excluding tert-OH is 1. The van der Waals surface area contributed by atoms with Crippen LogP contribution in [0.2, 0.25) is 0 Å². The molecule has 16 heavy (non-hydrogen) atoms. The van der Waals surface area contributed by atoms with Crippen molar-refractivity contribution >= 4 is 17.6 Å². The summed E-state index contributed by atoms with van der Waals surface area (Å²) >= 11 is 6.03. The van der Waals surface area contributed by atoms with E-state index in [2.05, 4.69) is 6.92 Å². The molecule has 0 aromatic rings. The van der Waals surface area contributed by atoms with Gasteiger partial charge in [-0.2, -0.15) is 0 Å². The topological polar surface area (TPSA) is 46.5 Å². The second kappa shape index (κ2) is 4.60. The van der Waals surface area contributed by atoms with E-state index in [0.29, 0.717) is 24.2 Å². The van der Waals surface area contributed by atoms with Gasteiger partial charge in [0.2, 0.25) is 0 Å². The molecule has 0 fully saturated rings. The van der Waals surface area contributed by atoms with Gasteiger partial charge in [-0.15, -0.1) is 11.6 Å². The molecule has 0 amide bonds. The number of halogens is 1. The Bertz CT molecular complexity index is 370. The fourth-order valence-electron chi connectivity index (χ4n) is 2.08. The summed E-state index contributed by atoms with van der Waals surface area (Å²) in [6.07, 6.45) is 4.44. The average Bonchev–Trinajstić information content (AvgIpc) is 2.58. The first-order valence-corrected chi connectivity index (χ1v) is 6.06. The van der Waals surface area contributed by atoms with E-state index in [1.165, 1.54) is 0 Å². The van der Waals surface area contributed by atoms with Crippen LogP contribution in [0.25, 0.3) is 0 Å². The van der Waals surface area contributed by atoms with Gasteiger partial charge in [0.05, 0.1) is 17.1 Å². The van der Waals surface area contributed by atoms with E-state index in [4.69, 9.17) is 16.3 Å². The van der Waals surface area contributed by atoms with Crippen molar-refractivity contribution in [2.75, 3.05) is 0 Å². The maximum Gasteiger partial charge on any atom is 0.341 e. The van der Waals surface area contributed by atoms with Crippen molar-refractivity contribution in [1.82, 2.24) is 0 Å². The summed E-state index contributed by atoms with van der Waals surface area (Å²) in [7, 11) is 0. The van der Waals surface area contributed by atoms with E-state index in [9.17, 15) is 9.90 Å². The zero-order chi connectivity index (χ0) is 11.7. The van der Waals surface area contributed by atoms with Gasteiger partial charge < -0.3 is 9.84 Å². The van der Waals surface area contributed by atoms with Crippen LogP contribution in [-0.2, 0) is 9.53 Å². The Hall–Kier alpha value is -0.800. The molecule has 0 radical (unpaired) electrons. The van der Waals surface area contributed by atoms with Crippen molar-refractivity contribution in [3.8, 4) is 0 Å². The number of cyclic esters (lactones) is 1. The number of carbonyl (C=O) groups is 1. The molecule has 1 N–H and O–H groups in total. The number of aliphatic hydroxyl groups is 1. The standard InChI is InChI=1S/C12H15ClO3/c1-2-3-4-9-7-5-6-8(14)11(13)10(7)12(15)16-9/h4,8,11,14H,2-3,5-6H2,1H3/b9-4+/t8-,11+/m1/s1. The Labute approximate surface area is 99.7 Å². The van der Waals surface area contributed by atoms with Crippen LogP contribution >= 0.6 is 11.6 Å². The van der Waals surface area contributed by atoms with Gasteiger partial charge in [-0.05, 0) is 25.3 Å². The van der Waals surface area contributed by atoms with E-state index in [-0.39, 0.29) is 0 Å². The molecule has 1 heterocycles. The van der Waals surface area contributed by atoms with Crippen LogP contribution in [-0.4, -0.2) is 22.6 Å². The first kappa shape index (κ1) is 11.7. The van der Waals surface area contributed by atoms with E-state index in [0.717, 1.165) is 18.4 Å². The van der Waals surface area contributed by atoms with Crippen molar-refractivity contribution in [3.05, 3.63) is 23.0 Å². The van der Waals surface area contributed by atoms with E-state index in [1.54, 1.807) is 0 Å². The zero-order valence-electron chi connectivity index (χ0n) is 9.20. The molecule has 0 saturated carbocycles. The number of carbonyl (C=O) groups excluding carboxylic acids is 1. The maximum atomic E-state index is 11.6. The molecule has 0 spiro atoms. The summed E-state index contributed by atoms with van der Waals surface area (Å²) in [5.74, 6) is 0.260. The van der Waals surface area contributed by atoms with Gasteiger partial charge in [0, 0.05) is 5.57 Å². The second-order valence-corrected chi connectivity index (χ2v) is 4.62. The number of ether oxygens (including phenoxy) is 1. The summed E-state index contributed by atoms with van der Waals surface area (Å²) in [5, 5.41) is 8.99. The van der Waals surface area contributed by atoms with Gasteiger partial charge in [-0.3, -0.25) is 0 Å². The summed E-state index contributed by atoms with van der Waals surface area (Å²) in [6.45, 7) is 2.07. The molecule has 0 saturated heterocycles. The Kier molecular flexibility index (Phi) is 3.36. The molecule has 88 valence electrons. The highest BCUT2D eigenvalue weighted by Gasteiger charge is 2.40. The maximum absolute atomic E-state index is 11.6. The fourth-order valence-corrected chi connectivity index (χ4v) is 2.43. The van der Waals surface area contributed by atoms with Crippen molar-refractivity contribution in [3.63, 3.8) is 0 Å². The molecule has 0 unspecified atom stereocenters. The molecular formula is C12H15ClO3. The van der Waals surface area contributed by atoms with Gasteiger partial charge >= 0.3 is 5.97 Å². The van der Waals surface area contributed by atoms with Gasteiger partial charge in [0.15, 0.2) is 0 Å². The van der Waals surface area contributed by atoms with Crippen LogP contribution in [0, 0.1) is 0 Å². The monoisotopic (exact) mass is 242 g/mol. The van der Waals surface area contributed by atoms with Crippen LogP contribution in [0.5, 0.6) is 0 Å². The highest BCUT2D eigenvalue weighted by molar-refractivity contribution is 6.26. The SMILES string of the molecule is CCC/C=C1/OC(=O)C2=C1CC[C@@H](O)[C@@H]2Cl. The zero-order valence-corrected chi connectivity index (χ0v) is 9.96. The predicted molar refractivity (Wildman–Crippen MR) is 61.0 cm³/mol. The minimum absolute atomic E-state index is 0.392. The predicted octanol–water partition coefficient (Wildman–Crippen LogP) is 2.29. The summed E-state index contributed by atoms with van der Waals surface area (Å²) in [6, 6.07) is 0. The minimum atomic E-state index is -0.640. The van der Waals surface area contributed by atoms with Crippen LogP contribution in [0.3, 0.4) is 0 Å². The number of hydrogen-bond acceptors (Lipinski definition) is 3. The molecular weight excluding hydrogens is 228 g/mol. The van der Waals surface area contributed by atoms with Gasteiger partial charge in [-0.1, -0.05) is 13.3 Å². The van der Waals surface area contributed by atoms with Gasteiger partial charge in [0.25, 0.3) is 0 Å². The summed E-state index contributed by atoms with van der Waals surface area (Å²) in [4.78, 5) is 11.6. The molecule has 0 aromatic carbocycles. The van der Waals surface area contributed by atoms with Crippen LogP contribution in [0.1, 0.15) is 32.6 Å². The molecule has 2 atom stereocenters. The minimum Gasteiger partial charge on any atom is -0.423 e. The lowest BCUT2D eigenvalue weighted by Crippen LogP contribution is -2.29. The Morgan fingerprint density at radius 3 is 3.06 bits per heavy atom. The third-order valence-electron chi connectivity index (χ3n) is 2.97. The van der Waals surface area contributed by atoms with E-state index in [1.807, 2.05) is 6.08 Å². The third kappa shape index (κ3) is 1.89. The first-order chi connectivity index (χ1) is 7.65. The highest BCUT2D eigenvalue weighted by atomic mass is 35.5. The van der Waals surface area contributed by atoms with Crippen molar-refractivity contribution in [2.24, 2.45) is 0 Å². The molecule has 1 aliphatic carbocycles. The Balaban J connectivity index is 2.31. The fraction of sp³-hybridized carbons (Fsp3) is 0.583. The van der Waals surface area contributed by atoms with Crippen molar-refractivity contribution < 1.29 is 14.6 Å². The lowest BCUT2D eigenvalue weighted by molar-refractivity contribution is -0.133. The number of unbranched alkanes of at least 4 members (excludes halogenated alkanes) is 1. The van der Waals surface area contributed by atoms with Crippen LogP contribution in [0.4, 0.5) is 0 Å². The number of allylic oxidation sites excluding steroid dienone is 2. The molecule has 4 heteroatoms.